The number of hydrogen-bond donors (Lipinski definition) is 2. The Labute approximate surface area is 172 Å². The molecule has 0 radical (unpaired) electrons. The molecule has 1 aliphatic rings. The highest BCUT2D eigenvalue weighted by Gasteiger charge is 2.22. The zero-order chi connectivity index (χ0) is 21.3. The number of aromatic amines is 1. The number of aryl methyl sites for hydroxylation is 1. The third kappa shape index (κ3) is 3.90. The van der Waals surface area contributed by atoms with Crippen LogP contribution in [0.2, 0.25) is 0 Å². The SMILES string of the molecule is CCc1cn2nc(CN3CCN(c4ccc(C(=O)NC)nc4F)CC3)cc2[nH]c1=O. The first-order valence-electron chi connectivity index (χ1n) is 9.95. The Hall–Kier alpha value is -3.27. The van der Waals surface area contributed by atoms with E-state index in [0.717, 1.165) is 18.8 Å². The van der Waals surface area contributed by atoms with E-state index in [-0.39, 0.29) is 11.3 Å². The zero-order valence-electron chi connectivity index (χ0n) is 17.0. The molecule has 0 aromatic carbocycles. The van der Waals surface area contributed by atoms with Crippen molar-refractivity contribution in [3.63, 3.8) is 0 Å². The molecule has 30 heavy (non-hydrogen) atoms. The Morgan fingerprint density at radius 3 is 2.70 bits per heavy atom. The van der Waals surface area contributed by atoms with Gasteiger partial charge < -0.3 is 15.2 Å². The standard InChI is InChI=1S/C20H24FN7O2/c1-3-13-11-28-17(24-19(13)29)10-14(25-28)12-26-6-8-27(9-7-26)16-5-4-15(20(30)22-2)23-18(16)21/h4-5,10-11H,3,6-9,12H2,1-2H3,(H,22,30)(H,24,29). The van der Waals surface area contributed by atoms with Crippen LogP contribution in [0.4, 0.5) is 10.1 Å². The molecule has 3 aromatic heterocycles. The van der Waals surface area contributed by atoms with E-state index in [9.17, 15) is 14.0 Å². The van der Waals surface area contributed by atoms with Crippen LogP contribution in [-0.4, -0.2) is 63.6 Å². The van der Waals surface area contributed by atoms with Crippen molar-refractivity contribution in [1.82, 2.24) is 29.8 Å². The molecule has 1 aliphatic heterocycles. The van der Waals surface area contributed by atoms with Crippen molar-refractivity contribution in [2.24, 2.45) is 0 Å². The molecule has 10 heteroatoms. The Balaban J connectivity index is 1.41. The summed E-state index contributed by atoms with van der Waals surface area (Å²) in [5.41, 5.74) is 2.63. The second-order valence-corrected chi connectivity index (χ2v) is 7.28. The van der Waals surface area contributed by atoms with Gasteiger partial charge in [-0.2, -0.15) is 9.49 Å². The van der Waals surface area contributed by atoms with E-state index in [2.05, 4.69) is 25.3 Å². The largest absolute Gasteiger partial charge is 0.365 e. The van der Waals surface area contributed by atoms with E-state index in [1.54, 1.807) is 16.8 Å². The highest BCUT2D eigenvalue weighted by atomic mass is 19.1. The number of hydrogen-bond acceptors (Lipinski definition) is 6. The van der Waals surface area contributed by atoms with Gasteiger partial charge in [0.15, 0.2) is 0 Å². The molecule has 9 nitrogen and oxygen atoms in total. The fourth-order valence-electron chi connectivity index (χ4n) is 3.66. The molecule has 0 aliphatic carbocycles. The van der Waals surface area contributed by atoms with Crippen LogP contribution in [0.3, 0.4) is 0 Å². The third-order valence-electron chi connectivity index (χ3n) is 5.37. The first-order chi connectivity index (χ1) is 14.5. The van der Waals surface area contributed by atoms with Crippen LogP contribution in [-0.2, 0) is 13.0 Å². The number of pyridine rings is 1. The van der Waals surface area contributed by atoms with Gasteiger partial charge in [-0.1, -0.05) is 6.92 Å². The summed E-state index contributed by atoms with van der Waals surface area (Å²) >= 11 is 0. The number of halogens is 1. The van der Waals surface area contributed by atoms with Gasteiger partial charge in [0.1, 0.15) is 11.3 Å². The minimum atomic E-state index is -0.638. The summed E-state index contributed by atoms with van der Waals surface area (Å²) in [6.45, 7) is 5.34. The lowest BCUT2D eigenvalue weighted by atomic mass is 10.2. The van der Waals surface area contributed by atoms with E-state index in [0.29, 0.717) is 43.0 Å². The quantitative estimate of drug-likeness (QED) is 0.601. The summed E-state index contributed by atoms with van der Waals surface area (Å²) in [5.74, 6) is -1.05. The highest BCUT2D eigenvalue weighted by Crippen LogP contribution is 2.20. The minimum Gasteiger partial charge on any atom is -0.365 e. The van der Waals surface area contributed by atoms with Gasteiger partial charge in [0.25, 0.3) is 11.5 Å². The van der Waals surface area contributed by atoms with E-state index >= 15 is 0 Å². The van der Waals surface area contributed by atoms with Gasteiger partial charge in [0.05, 0.1) is 11.4 Å². The van der Waals surface area contributed by atoms with Crippen LogP contribution >= 0.6 is 0 Å². The van der Waals surface area contributed by atoms with Crippen LogP contribution in [0.1, 0.15) is 28.7 Å². The van der Waals surface area contributed by atoms with Crippen molar-refractivity contribution in [2.75, 3.05) is 38.1 Å². The molecule has 0 atom stereocenters. The lowest BCUT2D eigenvalue weighted by Gasteiger charge is -2.35. The second-order valence-electron chi connectivity index (χ2n) is 7.28. The molecule has 0 saturated carbocycles. The summed E-state index contributed by atoms with van der Waals surface area (Å²) in [6.07, 6.45) is 2.42. The number of piperazine rings is 1. The summed E-state index contributed by atoms with van der Waals surface area (Å²) < 4.78 is 16.1. The Kier molecular flexibility index (Phi) is 5.49. The molecular weight excluding hydrogens is 389 g/mol. The van der Waals surface area contributed by atoms with Crippen LogP contribution in [0.25, 0.3) is 5.65 Å². The summed E-state index contributed by atoms with van der Waals surface area (Å²) in [6, 6.07) is 5.02. The maximum Gasteiger partial charge on any atom is 0.269 e. The van der Waals surface area contributed by atoms with Crippen molar-refractivity contribution >= 4 is 17.2 Å². The summed E-state index contributed by atoms with van der Waals surface area (Å²) in [5, 5.41) is 7.01. The first-order valence-corrected chi connectivity index (χ1v) is 9.95. The molecule has 2 N–H and O–H groups in total. The monoisotopic (exact) mass is 413 g/mol. The Bertz CT molecular complexity index is 1130. The van der Waals surface area contributed by atoms with E-state index < -0.39 is 11.9 Å². The van der Waals surface area contributed by atoms with Gasteiger partial charge in [0.2, 0.25) is 5.95 Å². The maximum atomic E-state index is 14.4. The van der Waals surface area contributed by atoms with Crippen molar-refractivity contribution in [2.45, 2.75) is 19.9 Å². The molecule has 1 saturated heterocycles. The molecule has 158 valence electrons. The number of H-pyrrole nitrogens is 1. The van der Waals surface area contributed by atoms with Crippen LogP contribution in [0.5, 0.6) is 0 Å². The number of amides is 1. The molecule has 3 aromatic rings. The Morgan fingerprint density at radius 2 is 2.03 bits per heavy atom. The lowest BCUT2D eigenvalue weighted by Crippen LogP contribution is -2.46. The fourth-order valence-corrected chi connectivity index (χ4v) is 3.66. The van der Waals surface area contributed by atoms with Crippen LogP contribution < -0.4 is 15.8 Å². The van der Waals surface area contributed by atoms with Crippen molar-refractivity contribution in [1.29, 1.82) is 0 Å². The number of carbonyl (C=O) groups is 1. The Morgan fingerprint density at radius 1 is 1.27 bits per heavy atom. The first kappa shape index (κ1) is 20.0. The fraction of sp³-hybridized carbons (Fsp3) is 0.400. The van der Waals surface area contributed by atoms with Crippen LogP contribution in [0.15, 0.2) is 29.2 Å². The van der Waals surface area contributed by atoms with Crippen LogP contribution in [0, 0.1) is 5.95 Å². The van der Waals surface area contributed by atoms with Gasteiger partial charge in [-0.25, -0.2) is 9.50 Å². The molecule has 1 amide bonds. The number of carbonyl (C=O) groups excluding carboxylic acids is 1. The predicted molar refractivity (Wildman–Crippen MR) is 110 cm³/mol. The van der Waals surface area contributed by atoms with Gasteiger partial charge in [-0.3, -0.25) is 14.5 Å². The summed E-state index contributed by atoms with van der Waals surface area (Å²) in [7, 11) is 1.48. The third-order valence-corrected chi connectivity index (χ3v) is 5.37. The molecule has 0 unspecified atom stereocenters. The van der Waals surface area contributed by atoms with Gasteiger partial charge >= 0.3 is 0 Å². The van der Waals surface area contributed by atoms with Gasteiger partial charge in [-0.15, -0.1) is 0 Å². The average molecular weight is 413 g/mol. The van der Waals surface area contributed by atoms with Gasteiger partial charge in [-0.05, 0) is 18.6 Å². The number of nitrogens with zero attached hydrogens (tertiary/aromatic N) is 5. The second kappa shape index (κ2) is 8.23. The molecule has 0 spiro atoms. The number of rotatable bonds is 5. The van der Waals surface area contributed by atoms with Gasteiger partial charge in [0, 0.05) is 57.6 Å². The topological polar surface area (TPSA) is 98.6 Å². The normalized spacial score (nSPS) is 15.0. The highest BCUT2D eigenvalue weighted by molar-refractivity contribution is 5.92. The van der Waals surface area contributed by atoms with Crippen molar-refractivity contribution in [3.8, 4) is 0 Å². The zero-order valence-corrected chi connectivity index (χ0v) is 17.0. The number of fused-ring (bicyclic) bond motifs is 1. The number of aromatic nitrogens is 4. The number of nitrogens with one attached hydrogen (secondary N) is 2. The number of anilines is 1. The van der Waals surface area contributed by atoms with Crippen molar-refractivity contribution in [3.05, 3.63) is 57.6 Å². The molecular formula is C20H24FN7O2. The average Bonchev–Trinajstić information content (AvgIpc) is 3.14. The predicted octanol–water partition coefficient (Wildman–Crippen LogP) is 0.801. The van der Waals surface area contributed by atoms with E-state index in [4.69, 9.17) is 0 Å². The molecule has 4 heterocycles. The molecule has 4 rings (SSSR count). The smallest absolute Gasteiger partial charge is 0.269 e. The lowest BCUT2D eigenvalue weighted by molar-refractivity contribution is 0.0957. The van der Waals surface area contributed by atoms with E-state index in [1.807, 2.05) is 17.9 Å². The molecule has 1 fully saturated rings. The van der Waals surface area contributed by atoms with Crippen molar-refractivity contribution < 1.29 is 9.18 Å². The minimum absolute atomic E-state index is 0.0634. The molecule has 0 bridgehead atoms. The van der Waals surface area contributed by atoms with E-state index in [1.165, 1.54) is 13.1 Å². The maximum absolute atomic E-state index is 14.4. The summed E-state index contributed by atoms with van der Waals surface area (Å²) in [4.78, 5) is 34.4.